The molecule has 5 heteroatoms. The van der Waals surface area contributed by atoms with Gasteiger partial charge in [-0.15, -0.1) is 0 Å². The second-order valence-corrected chi connectivity index (χ2v) is 5.92. The number of hydrazine groups is 1. The molecule has 0 aromatic heterocycles. The molecule has 0 radical (unpaired) electrons. The maximum absolute atomic E-state index is 13.9. The van der Waals surface area contributed by atoms with Gasteiger partial charge in [0.15, 0.2) is 0 Å². The predicted molar refractivity (Wildman–Crippen MR) is 83.2 cm³/mol. The van der Waals surface area contributed by atoms with Crippen LogP contribution in [0.25, 0.3) is 0 Å². The van der Waals surface area contributed by atoms with Crippen LogP contribution in [0.3, 0.4) is 0 Å². The van der Waals surface area contributed by atoms with Gasteiger partial charge in [-0.25, -0.2) is 4.39 Å². The molecule has 3 N–H and O–H groups in total. The number of nitrogens with one attached hydrogen (secondary N) is 1. The molecule has 0 amide bonds. The van der Waals surface area contributed by atoms with Crippen molar-refractivity contribution >= 4 is 11.6 Å². The second kappa shape index (κ2) is 7.36. The molecule has 0 fully saturated rings. The summed E-state index contributed by atoms with van der Waals surface area (Å²) in [6, 6.07) is 4.71. The number of halogens is 2. The molecule has 0 heterocycles. The van der Waals surface area contributed by atoms with Gasteiger partial charge in [0.05, 0.1) is 0 Å². The number of nitrogens with zero attached hydrogens (tertiary/aromatic N) is 1. The van der Waals surface area contributed by atoms with E-state index in [9.17, 15) is 4.39 Å². The van der Waals surface area contributed by atoms with E-state index in [-0.39, 0.29) is 17.4 Å². The lowest BCUT2D eigenvalue weighted by Gasteiger charge is -2.43. The number of nitrogens with two attached hydrogens (primary N) is 1. The van der Waals surface area contributed by atoms with E-state index in [1.165, 1.54) is 6.07 Å². The molecule has 0 aliphatic rings. The van der Waals surface area contributed by atoms with Gasteiger partial charge in [0.2, 0.25) is 0 Å². The first-order valence-corrected chi connectivity index (χ1v) is 7.39. The quantitative estimate of drug-likeness (QED) is 0.601. The van der Waals surface area contributed by atoms with Crippen LogP contribution in [-0.2, 0) is 6.42 Å². The standard InChI is InChI=1S/C15H25ClFN3/c1-5-20(6-2)15(3,4)14(19-18)9-11-7-8-12(16)10-13(11)17/h7-8,10,14,19H,5-6,9,18H2,1-4H3. The maximum Gasteiger partial charge on any atom is 0.127 e. The molecule has 20 heavy (non-hydrogen) atoms. The first kappa shape index (κ1) is 17.4. The Morgan fingerprint density at radius 3 is 2.40 bits per heavy atom. The van der Waals surface area contributed by atoms with Gasteiger partial charge in [-0.05, 0) is 51.1 Å². The van der Waals surface area contributed by atoms with Crippen LogP contribution < -0.4 is 11.3 Å². The van der Waals surface area contributed by atoms with Gasteiger partial charge < -0.3 is 0 Å². The zero-order valence-electron chi connectivity index (χ0n) is 12.7. The summed E-state index contributed by atoms with van der Waals surface area (Å²) in [7, 11) is 0. The van der Waals surface area contributed by atoms with Gasteiger partial charge in [0.25, 0.3) is 0 Å². The van der Waals surface area contributed by atoms with Gasteiger partial charge in [0.1, 0.15) is 5.82 Å². The minimum atomic E-state index is -0.284. The van der Waals surface area contributed by atoms with E-state index in [2.05, 4.69) is 38.0 Å². The summed E-state index contributed by atoms with van der Waals surface area (Å²) >= 11 is 5.78. The van der Waals surface area contributed by atoms with Crippen molar-refractivity contribution in [3.8, 4) is 0 Å². The van der Waals surface area contributed by atoms with E-state index >= 15 is 0 Å². The van der Waals surface area contributed by atoms with Crippen LogP contribution in [0.5, 0.6) is 0 Å². The molecule has 1 aromatic rings. The number of hydrogen-bond acceptors (Lipinski definition) is 3. The maximum atomic E-state index is 13.9. The van der Waals surface area contributed by atoms with Crippen LogP contribution in [0.4, 0.5) is 4.39 Å². The van der Waals surface area contributed by atoms with E-state index in [0.29, 0.717) is 17.0 Å². The van der Waals surface area contributed by atoms with Crippen molar-refractivity contribution in [2.24, 2.45) is 5.84 Å². The van der Waals surface area contributed by atoms with Crippen LogP contribution in [0.15, 0.2) is 18.2 Å². The van der Waals surface area contributed by atoms with E-state index in [1.807, 2.05) is 0 Å². The molecule has 1 rings (SSSR count). The Bertz CT molecular complexity index is 433. The third-order valence-electron chi connectivity index (χ3n) is 4.07. The largest absolute Gasteiger partial charge is 0.297 e. The molecule has 1 unspecified atom stereocenters. The Morgan fingerprint density at radius 2 is 1.95 bits per heavy atom. The van der Waals surface area contributed by atoms with Crippen molar-refractivity contribution in [3.05, 3.63) is 34.6 Å². The summed E-state index contributed by atoms with van der Waals surface area (Å²) < 4.78 is 13.9. The molecule has 0 aliphatic heterocycles. The second-order valence-electron chi connectivity index (χ2n) is 5.49. The molecule has 0 saturated heterocycles. The molecular weight excluding hydrogens is 277 g/mol. The average molecular weight is 302 g/mol. The highest BCUT2D eigenvalue weighted by atomic mass is 35.5. The Labute approximate surface area is 126 Å². The summed E-state index contributed by atoms with van der Waals surface area (Å²) in [4.78, 5) is 2.31. The predicted octanol–water partition coefficient (Wildman–Crippen LogP) is 2.97. The number of likely N-dealkylation sites (N-methyl/N-ethyl adjacent to an activating group) is 1. The lowest BCUT2D eigenvalue weighted by molar-refractivity contribution is 0.0909. The zero-order valence-corrected chi connectivity index (χ0v) is 13.5. The van der Waals surface area contributed by atoms with Crippen molar-refractivity contribution in [2.75, 3.05) is 13.1 Å². The highest BCUT2D eigenvalue weighted by Gasteiger charge is 2.33. The Morgan fingerprint density at radius 1 is 1.35 bits per heavy atom. The number of rotatable bonds is 7. The number of benzene rings is 1. The molecular formula is C15H25ClFN3. The van der Waals surface area contributed by atoms with Crippen molar-refractivity contribution < 1.29 is 4.39 Å². The normalized spacial score (nSPS) is 13.8. The van der Waals surface area contributed by atoms with Gasteiger partial charge >= 0.3 is 0 Å². The molecule has 1 atom stereocenters. The van der Waals surface area contributed by atoms with E-state index in [1.54, 1.807) is 12.1 Å². The molecule has 3 nitrogen and oxygen atoms in total. The lowest BCUT2D eigenvalue weighted by Crippen LogP contribution is -2.60. The third kappa shape index (κ3) is 3.92. The van der Waals surface area contributed by atoms with Gasteiger partial charge in [-0.3, -0.25) is 16.2 Å². The van der Waals surface area contributed by atoms with Crippen molar-refractivity contribution in [3.63, 3.8) is 0 Å². The van der Waals surface area contributed by atoms with E-state index in [4.69, 9.17) is 17.4 Å². The summed E-state index contributed by atoms with van der Waals surface area (Å²) in [5.74, 6) is 5.42. The lowest BCUT2D eigenvalue weighted by atomic mass is 9.87. The van der Waals surface area contributed by atoms with Crippen LogP contribution in [-0.4, -0.2) is 29.6 Å². The molecule has 114 valence electrons. The SMILES string of the molecule is CCN(CC)C(C)(C)C(Cc1ccc(Cl)cc1F)NN. The Hall–Kier alpha value is -0.680. The monoisotopic (exact) mass is 301 g/mol. The summed E-state index contributed by atoms with van der Waals surface area (Å²) in [6.07, 6.45) is 0.517. The minimum Gasteiger partial charge on any atom is -0.297 e. The highest BCUT2D eigenvalue weighted by Crippen LogP contribution is 2.23. The highest BCUT2D eigenvalue weighted by molar-refractivity contribution is 6.30. The van der Waals surface area contributed by atoms with Gasteiger partial charge in [-0.1, -0.05) is 31.5 Å². The van der Waals surface area contributed by atoms with Crippen molar-refractivity contribution in [1.82, 2.24) is 10.3 Å². The van der Waals surface area contributed by atoms with Crippen LogP contribution in [0, 0.1) is 5.82 Å². The molecule has 1 aromatic carbocycles. The number of hydrogen-bond donors (Lipinski definition) is 2. The molecule has 0 aliphatic carbocycles. The topological polar surface area (TPSA) is 41.3 Å². The van der Waals surface area contributed by atoms with Crippen LogP contribution in [0.2, 0.25) is 5.02 Å². The fourth-order valence-corrected chi connectivity index (χ4v) is 2.84. The Balaban J connectivity index is 2.96. The smallest absolute Gasteiger partial charge is 0.127 e. The fourth-order valence-electron chi connectivity index (χ4n) is 2.68. The van der Waals surface area contributed by atoms with Gasteiger partial charge in [0, 0.05) is 16.6 Å². The van der Waals surface area contributed by atoms with Crippen LogP contribution >= 0.6 is 11.6 Å². The summed E-state index contributed by atoms with van der Waals surface area (Å²) in [5.41, 5.74) is 3.29. The summed E-state index contributed by atoms with van der Waals surface area (Å²) in [6.45, 7) is 10.3. The minimum absolute atomic E-state index is 0.0573. The first-order chi connectivity index (χ1) is 9.36. The average Bonchev–Trinajstić information content (AvgIpc) is 2.38. The molecule has 0 spiro atoms. The summed E-state index contributed by atoms with van der Waals surface area (Å²) in [5, 5.41) is 0.409. The van der Waals surface area contributed by atoms with Gasteiger partial charge in [-0.2, -0.15) is 0 Å². The van der Waals surface area contributed by atoms with Crippen molar-refractivity contribution in [1.29, 1.82) is 0 Å². The van der Waals surface area contributed by atoms with Crippen LogP contribution in [0.1, 0.15) is 33.3 Å². The van der Waals surface area contributed by atoms with E-state index < -0.39 is 0 Å². The molecule has 0 bridgehead atoms. The van der Waals surface area contributed by atoms with E-state index in [0.717, 1.165) is 13.1 Å². The Kier molecular flexibility index (Phi) is 6.40. The van der Waals surface area contributed by atoms with Crippen molar-refractivity contribution in [2.45, 2.75) is 45.7 Å². The zero-order chi connectivity index (χ0) is 15.3. The third-order valence-corrected chi connectivity index (χ3v) is 4.31. The first-order valence-electron chi connectivity index (χ1n) is 7.01. The fraction of sp³-hybridized carbons (Fsp3) is 0.600. The molecule has 0 saturated carbocycles.